The summed E-state index contributed by atoms with van der Waals surface area (Å²) in [6.07, 6.45) is 14.2. The monoisotopic (exact) mass is 410 g/mol. The van der Waals surface area contributed by atoms with Crippen LogP contribution in [0.1, 0.15) is 78.1 Å². The van der Waals surface area contributed by atoms with Crippen LogP contribution >= 0.6 is 7.49 Å². The molecule has 0 amide bonds. The van der Waals surface area contributed by atoms with Gasteiger partial charge in [-0.15, -0.1) is 0 Å². The average Bonchev–Trinajstić information content (AvgIpc) is 2.79. The molecule has 2 aliphatic carbocycles. The molecule has 1 nitrogen and oxygen atoms in total. The summed E-state index contributed by atoms with van der Waals surface area (Å²) in [6, 6.07) is 20.4. The van der Waals surface area contributed by atoms with Crippen LogP contribution in [0.15, 0.2) is 54.6 Å². The van der Waals surface area contributed by atoms with Crippen molar-refractivity contribution in [2.24, 2.45) is 0 Å². The van der Waals surface area contributed by atoms with E-state index >= 15 is 0 Å². The van der Waals surface area contributed by atoms with Crippen molar-refractivity contribution in [1.82, 2.24) is 0 Å². The SMILES string of the molecule is CC(C)O[PH](c1ccccc1-c1ccccc1)(C1CCCCC1)C1CCCCC1. The van der Waals surface area contributed by atoms with Gasteiger partial charge in [0.2, 0.25) is 0 Å². The Hall–Kier alpha value is -1.17. The Morgan fingerprint density at radius 1 is 0.690 bits per heavy atom. The van der Waals surface area contributed by atoms with E-state index in [1.54, 1.807) is 5.30 Å². The molecular weight excluding hydrogens is 371 g/mol. The van der Waals surface area contributed by atoms with Crippen LogP contribution in [0.3, 0.4) is 0 Å². The molecule has 0 atom stereocenters. The van der Waals surface area contributed by atoms with Gasteiger partial charge in [0.1, 0.15) is 0 Å². The standard InChI is InChI=1S/C27H39OP/c1-22(2)28-29(24-16-8-4-9-17-24,25-18-10-5-11-19-25)27-21-13-12-20-26(27)23-14-6-3-7-15-23/h3,6-7,12-15,20-22,24-25,29H,4-5,8-11,16-19H2,1-2H3. The Morgan fingerprint density at radius 3 is 1.76 bits per heavy atom. The predicted molar refractivity (Wildman–Crippen MR) is 130 cm³/mol. The van der Waals surface area contributed by atoms with Crippen LogP contribution < -0.4 is 5.30 Å². The molecule has 0 aromatic heterocycles. The first-order valence-electron chi connectivity index (χ1n) is 12.0. The molecule has 2 heteroatoms. The van der Waals surface area contributed by atoms with Gasteiger partial charge < -0.3 is 0 Å². The van der Waals surface area contributed by atoms with Gasteiger partial charge in [0.05, 0.1) is 0 Å². The maximum absolute atomic E-state index is 7.30. The average molecular weight is 411 g/mol. The van der Waals surface area contributed by atoms with Crippen molar-refractivity contribution in [1.29, 1.82) is 0 Å². The van der Waals surface area contributed by atoms with Crippen LogP contribution in [0.4, 0.5) is 0 Å². The van der Waals surface area contributed by atoms with Gasteiger partial charge in [-0.05, 0) is 0 Å². The first-order chi connectivity index (χ1) is 14.2. The Labute approximate surface area is 178 Å². The number of rotatable bonds is 6. The van der Waals surface area contributed by atoms with Crippen molar-refractivity contribution in [3.63, 3.8) is 0 Å². The van der Waals surface area contributed by atoms with Crippen LogP contribution in [0, 0.1) is 0 Å². The van der Waals surface area contributed by atoms with Crippen molar-refractivity contribution in [3.8, 4) is 11.1 Å². The van der Waals surface area contributed by atoms with E-state index in [4.69, 9.17) is 4.52 Å². The van der Waals surface area contributed by atoms with E-state index in [1.165, 1.54) is 75.3 Å². The number of hydrogen-bond donors (Lipinski definition) is 0. The molecule has 0 unspecified atom stereocenters. The Kier molecular flexibility index (Phi) is 7.09. The molecule has 2 saturated carbocycles. The third-order valence-corrected chi connectivity index (χ3v) is 13.0. The zero-order chi connectivity index (χ0) is 20.1. The van der Waals surface area contributed by atoms with E-state index in [9.17, 15) is 0 Å². The van der Waals surface area contributed by atoms with Crippen LogP contribution in [-0.4, -0.2) is 17.4 Å². The molecule has 0 heterocycles. The van der Waals surface area contributed by atoms with Gasteiger partial charge in [0.25, 0.3) is 0 Å². The zero-order valence-corrected chi connectivity index (χ0v) is 19.4. The minimum absolute atomic E-state index is 0.300. The van der Waals surface area contributed by atoms with Crippen molar-refractivity contribution in [3.05, 3.63) is 54.6 Å². The summed E-state index contributed by atoms with van der Waals surface area (Å²) in [6.45, 7) is 4.55. The summed E-state index contributed by atoms with van der Waals surface area (Å²) in [4.78, 5) is 0. The third kappa shape index (κ3) is 4.47. The molecule has 4 rings (SSSR count). The summed E-state index contributed by atoms with van der Waals surface area (Å²) in [7, 11) is -2.16. The molecule has 0 radical (unpaired) electrons. The van der Waals surface area contributed by atoms with Crippen LogP contribution in [0.2, 0.25) is 0 Å². The molecule has 29 heavy (non-hydrogen) atoms. The predicted octanol–water partition coefficient (Wildman–Crippen LogP) is 7.73. The molecule has 2 aliphatic rings. The van der Waals surface area contributed by atoms with Crippen molar-refractivity contribution in [2.75, 3.05) is 0 Å². The van der Waals surface area contributed by atoms with E-state index in [0.29, 0.717) is 6.10 Å². The Bertz CT molecular complexity index is 739. The normalized spacial score (nSPS) is 20.1. The van der Waals surface area contributed by atoms with Crippen LogP contribution in [0.5, 0.6) is 0 Å². The second-order valence-corrected chi connectivity index (χ2v) is 13.5. The Morgan fingerprint density at radius 2 is 1.21 bits per heavy atom. The molecule has 2 aromatic carbocycles. The van der Waals surface area contributed by atoms with Gasteiger partial charge in [-0.3, -0.25) is 0 Å². The molecule has 158 valence electrons. The van der Waals surface area contributed by atoms with E-state index in [-0.39, 0.29) is 0 Å². The topological polar surface area (TPSA) is 9.23 Å². The summed E-state index contributed by atoms with van der Waals surface area (Å²) < 4.78 is 7.30. The van der Waals surface area contributed by atoms with Gasteiger partial charge in [0.15, 0.2) is 0 Å². The molecule has 0 spiro atoms. The molecular formula is C27H39OP. The fraction of sp³-hybridized carbons (Fsp3) is 0.556. The molecule has 0 aliphatic heterocycles. The second kappa shape index (κ2) is 9.76. The summed E-state index contributed by atoms with van der Waals surface area (Å²) in [5.41, 5.74) is 4.34. The van der Waals surface area contributed by atoms with E-state index in [2.05, 4.69) is 68.4 Å². The minimum atomic E-state index is -2.16. The van der Waals surface area contributed by atoms with E-state index in [1.807, 2.05) is 0 Å². The van der Waals surface area contributed by atoms with Crippen molar-refractivity contribution >= 4 is 12.8 Å². The first-order valence-corrected chi connectivity index (χ1v) is 14.1. The van der Waals surface area contributed by atoms with E-state index < -0.39 is 7.49 Å². The van der Waals surface area contributed by atoms with Gasteiger partial charge in [-0.2, -0.15) is 0 Å². The molecule has 2 fully saturated rings. The summed E-state index contributed by atoms with van der Waals surface area (Å²) in [5, 5.41) is 1.60. The molecule has 0 bridgehead atoms. The zero-order valence-electron chi connectivity index (χ0n) is 18.4. The van der Waals surface area contributed by atoms with E-state index in [0.717, 1.165) is 11.3 Å². The van der Waals surface area contributed by atoms with Crippen molar-refractivity contribution in [2.45, 2.75) is 95.5 Å². The van der Waals surface area contributed by atoms with Gasteiger partial charge in [-0.1, -0.05) is 0 Å². The first kappa shape index (κ1) is 21.1. The number of hydrogen-bond acceptors (Lipinski definition) is 1. The van der Waals surface area contributed by atoms with Gasteiger partial charge in [-0.25, -0.2) is 0 Å². The van der Waals surface area contributed by atoms with Crippen LogP contribution in [0.25, 0.3) is 11.1 Å². The summed E-state index contributed by atoms with van der Waals surface area (Å²) >= 11 is 0. The number of benzene rings is 2. The van der Waals surface area contributed by atoms with Gasteiger partial charge >= 0.3 is 179 Å². The Balaban J connectivity index is 1.89. The van der Waals surface area contributed by atoms with Crippen molar-refractivity contribution < 1.29 is 4.52 Å². The molecule has 2 aromatic rings. The quantitative estimate of drug-likeness (QED) is 0.443. The second-order valence-electron chi connectivity index (χ2n) is 9.54. The summed E-state index contributed by atoms with van der Waals surface area (Å²) in [5.74, 6) is 0. The molecule has 0 N–H and O–H groups in total. The fourth-order valence-corrected chi connectivity index (χ4v) is 12.6. The fourth-order valence-electron chi connectivity index (χ4n) is 6.18. The van der Waals surface area contributed by atoms with Gasteiger partial charge in [0, 0.05) is 0 Å². The maximum atomic E-state index is 7.30. The molecule has 0 saturated heterocycles. The third-order valence-electron chi connectivity index (χ3n) is 7.29. The van der Waals surface area contributed by atoms with Crippen LogP contribution in [-0.2, 0) is 4.52 Å².